The van der Waals surface area contributed by atoms with E-state index in [1.807, 2.05) is 16.8 Å². The highest BCUT2D eigenvalue weighted by atomic mass is 32.1. The maximum Gasteiger partial charge on any atom is 0.252 e. The van der Waals surface area contributed by atoms with E-state index in [0.717, 1.165) is 18.4 Å². The predicted molar refractivity (Wildman–Crippen MR) is 73.3 cm³/mol. The minimum Gasteiger partial charge on any atom is -0.349 e. The molecule has 1 amide bonds. The standard InChI is InChI=1S/C14H19NO3S/c16-13(11-4-7-19-10-11)15-8-12-9-17-14(18-12)5-2-1-3-6-14/h4,7,10,12H,1-3,5-6,8-9H2,(H,15,16)/t12-/m0/s1. The number of hydrogen-bond acceptors (Lipinski definition) is 4. The van der Waals surface area contributed by atoms with Crippen molar-refractivity contribution in [2.75, 3.05) is 13.2 Å². The van der Waals surface area contributed by atoms with Gasteiger partial charge in [0.15, 0.2) is 5.79 Å². The molecule has 2 aliphatic rings. The number of carbonyl (C=O) groups excluding carboxylic acids is 1. The molecule has 1 aromatic heterocycles. The van der Waals surface area contributed by atoms with Crippen LogP contribution in [0.15, 0.2) is 16.8 Å². The van der Waals surface area contributed by atoms with E-state index in [9.17, 15) is 4.79 Å². The van der Waals surface area contributed by atoms with Gasteiger partial charge in [-0.05, 0) is 24.3 Å². The molecule has 0 radical (unpaired) electrons. The first-order valence-corrected chi connectivity index (χ1v) is 7.84. The van der Waals surface area contributed by atoms with Gasteiger partial charge in [0.2, 0.25) is 0 Å². The lowest BCUT2D eigenvalue weighted by atomic mass is 9.94. The fourth-order valence-corrected chi connectivity index (χ4v) is 3.41. The lowest BCUT2D eigenvalue weighted by molar-refractivity contribution is -0.186. The number of rotatable bonds is 3. The average molecular weight is 281 g/mol. The molecule has 1 aliphatic heterocycles. The molecule has 0 unspecified atom stereocenters. The predicted octanol–water partition coefficient (Wildman–Crippen LogP) is 2.55. The van der Waals surface area contributed by atoms with E-state index in [1.54, 1.807) is 0 Å². The molecule has 3 rings (SSSR count). The second-order valence-electron chi connectivity index (χ2n) is 5.24. The summed E-state index contributed by atoms with van der Waals surface area (Å²) in [4.78, 5) is 11.8. The van der Waals surface area contributed by atoms with Crippen LogP contribution in [0.3, 0.4) is 0 Å². The fourth-order valence-electron chi connectivity index (χ4n) is 2.77. The highest BCUT2D eigenvalue weighted by Gasteiger charge is 2.42. The van der Waals surface area contributed by atoms with Crippen molar-refractivity contribution in [1.29, 1.82) is 0 Å². The molecular formula is C14H19NO3S. The Bertz CT molecular complexity index is 426. The third kappa shape index (κ3) is 2.99. The maximum atomic E-state index is 11.8. The SMILES string of the molecule is O=C(NC[C@H]1COC2(CCCCC2)O1)c1ccsc1. The third-order valence-electron chi connectivity index (χ3n) is 3.80. The zero-order chi connectivity index (χ0) is 13.1. The first kappa shape index (κ1) is 13.1. The van der Waals surface area contributed by atoms with Gasteiger partial charge in [-0.15, -0.1) is 0 Å². The minimum atomic E-state index is -0.351. The quantitative estimate of drug-likeness (QED) is 0.926. The topological polar surface area (TPSA) is 47.6 Å². The number of hydrogen-bond donors (Lipinski definition) is 1. The van der Waals surface area contributed by atoms with Crippen LogP contribution in [0.25, 0.3) is 0 Å². The molecular weight excluding hydrogens is 262 g/mol. The Hall–Kier alpha value is -0.910. The average Bonchev–Trinajstić information content (AvgIpc) is 3.08. The second-order valence-corrected chi connectivity index (χ2v) is 6.02. The highest BCUT2D eigenvalue weighted by Crippen LogP contribution is 2.37. The van der Waals surface area contributed by atoms with E-state index in [2.05, 4.69) is 5.32 Å². The largest absolute Gasteiger partial charge is 0.349 e. The summed E-state index contributed by atoms with van der Waals surface area (Å²) in [6.07, 6.45) is 5.58. The van der Waals surface area contributed by atoms with Gasteiger partial charge in [-0.3, -0.25) is 4.79 Å². The van der Waals surface area contributed by atoms with E-state index >= 15 is 0 Å². The first-order chi connectivity index (χ1) is 9.27. The second kappa shape index (κ2) is 5.61. The summed E-state index contributed by atoms with van der Waals surface area (Å²) in [7, 11) is 0. The van der Waals surface area contributed by atoms with Crippen molar-refractivity contribution in [3.63, 3.8) is 0 Å². The number of ether oxygens (including phenoxy) is 2. The summed E-state index contributed by atoms with van der Waals surface area (Å²) < 4.78 is 11.9. The smallest absolute Gasteiger partial charge is 0.252 e. The summed E-state index contributed by atoms with van der Waals surface area (Å²) >= 11 is 1.53. The van der Waals surface area contributed by atoms with Gasteiger partial charge in [-0.25, -0.2) is 0 Å². The molecule has 19 heavy (non-hydrogen) atoms. The molecule has 1 N–H and O–H groups in total. The Morgan fingerprint density at radius 2 is 2.26 bits per heavy atom. The van der Waals surface area contributed by atoms with Gasteiger partial charge in [0.1, 0.15) is 6.10 Å². The van der Waals surface area contributed by atoms with Crippen LogP contribution in [0, 0.1) is 0 Å². The summed E-state index contributed by atoms with van der Waals surface area (Å²) in [5.74, 6) is -0.384. The van der Waals surface area contributed by atoms with E-state index in [1.165, 1.54) is 30.6 Å². The Balaban J connectivity index is 1.48. The van der Waals surface area contributed by atoms with Gasteiger partial charge in [-0.1, -0.05) is 6.42 Å². The Morgan fingerprint density at radius 1 is 1.42 bits per heavy atom. The third-order valence-corrected chi connectivity index (χ3v) is 4.49. The molecule has 1 saturated carbocycles. The normalized spacial score (nSPS) is 25.6. The maximum absolute atomic E-state index is 11.8. The van der Waals surface area contributed by atoms with Crippen molar-refractivity contribution in [2.45, 2.75) is 44.0 Å². The summed E-state index contributed by atoms with van der Waals surface area (Å²) in [5.41, 5.74) is 0.719. The zero-order valence-electron chi connectivity index (χ0n) is 10.9. The molecule has 2 fully saturated rings. The van der Waals surface area contributed by atoms with Crippen molar-refractivity contribution < 1.29 is 14.3 Å². The van der Waals surface area contributed by atoms with Crippen LogP contribution in [-0.4, -0.2) is 30.9 Å². The molecule has 2 heterocycles. The number of carbonyl (C=O) groups is 1. The summed E-state index contributed by atoms with van der Waals surface area (Å²) in [6.45, 7) is 1.11. The van der Waals surface area contributed by atoms with Gasteiger partial charge in [0.25, 0.3) is 5.91 Å². The molecule has 0 aromatic carbocycles. The van der Waals surface area contributed by atoms with Crippen molar-refractivity contribution >= 4 is 17.2 Å². The summed E-state index contributed by atoms with van der Waals surface area (Å²) in [5, 5.41) is 6.67. The molecule has 1 spiro atoms. The van der Waals surface area contributed by atoms with Gasteiger partial charge >= 0.3 is 0 Å². The molecule has 4 nitrogen and oxygen atoms in total. The number of thiophene rings is 1. The van der Waals surface area contributed by atoms with Crippen molar-refractivity contribution in [1.82, 2.24) is 5.32 Å². The van der Waals surface area contributed by atoms with Crippen LogP contribution < -0.4 is 5.32 Å². The Morgan fingerprint density at radius 3 is 3.00 bits per heavy atom. The van der Waals surface area contributed by atoms with Gasteiger partial charge in [-0.2, -0.15) is 11.3 Å². The number of nitrogens with one attached hydrogen (secondary N) is 1. The van der Waals surface area contributed by atoms with Crippen LogP contribution in [-0.2, 0) is 9.47 Å². The monoisotopic (exact) mass is 281 g/mol. The van der Waals surface area contributed by atoms with Crippen LogP contribution in [0.1, 0.15) is 42.5 Å². The van der Waals surface area contributed by atoms with Crippen LogP contribution >= 0.6 is 11.3 Å². The van der Waals surface area contributed by atoms with Crippen molar-refractivity contribution in [3.05, 3.63) is 22.4 Å². The summed E-state index contributed by atoms with van der Waals surface area (Å²) in [6, 6.07) is 1.83. The van der Waals surface area contributed by atoms with Crippen molar-refractivity contribution in [2.24, 2.45) is 0 Å². The molecule has 1 atom stereocenters. The van der Waals surface area contributed by atoms with Crippen LogP contribution in [0.5, 0.6) is 0 Å². The van der Waals surface area contributed by atoms with Crippen molar-refractivity contribution in [3.8, 4) is 0 Å². The highest BCUT2D eigenvalue weighted by molar-refractivity contribution is 7.08. The van der Waals surface area contributed by atoms with Gasteiger partial charge in [0.05, 0.1) is 6.61 Å². The molecule has 1 aliphatic carbocycles. The molecule has 0 bridgehead atoms. The molecule has 1 aromatic rings. The van der Waals surface area contributed by atoms with Gasteiger partial charge < -0.3 is 14.8 Å². The van der Waals surface area contributed by atoms with E-state index < -0.39 is 0 Å². The minimum absolute atomic E-state index is 0.0133. The lowest BCUT2D eigenvalue weighted by Gasteiger charge is -2.31. The zero-order valence-corrected chi connectivity index (χ0v) is 11.7. The van der Waals surface area contributed by atoms with E-state index in [0.29, 0.717) is 13.2 Å². The molecule has 5 heteroatoms. The lowest BCUT2D eigenvalue weighted by Crippen LogP contribution is -2.37. The first-order valence-electron chi connectivity index (χ1n) is 6.90. The van der Waals surface area contributed by atoms with Crippen LogP contribution in [0.4, 0.5) is 0 Å². The molecule has 104 valence electrons. The fraction of sp³-hybridized carbons (Fsp3) is 0.643. The number of amides is 1. The van der Waals surface area contributed by atoms with E-state index in [-0.39, 0.29) is 17.8 Å². The Kier molecular flexibility index (Phi) is 3.86. The van der Waals surface area contributed by atoms with Gasteiger partial charge in [0, 0.05) is 30.3 Å². The van der Waals surface area contributed by atoms with E-state index in [4.69, 9.17) is 9.47 Å². The molecule has 1 saturated heterocycles. The van der Waals surface area contributed by atoms with Crippen LogP contribution in [0.2, 0.25) is 0 Å². The Labute approximate surface area is 117 Å².